The molecular formula is C16H14BrCl2NO2. The summed E-state index contributed by atoms with van der Waals surface area (Å²) in [5.41, 5.74) is 0.860. The van der Waals surface area contributed by atoms with Crippen LogP contribution in [0.5, 0.6) is 5.75 Å². The summed E-state index contributed by atoms with van der Waals surface area (Å²) in [7, 11) is 0. The Bertz CT molecular complexity index is 679. The van der Waals surface area contributed by atoms with Crippen LogP contribution in [0.15, 0.2) is 46.9 Å². The lowest BCUT2D eigenvalue weighted by Crippen LogP contribution is -2.31. The first-order chi connectivity index (χ1) is 10.5. The molecule has 6 heteroatoms. The first-order valence-electron chi connectivity index (χ1n) is 6.59. The van der Waals surface area contributed by atoms with Gasteiger partial charge in [0, 0.05) is 9.50 Å². The number of carbonyl (C=O) groups excluding carboxylic acids is 1. The molecule has 0 saturated carbocycles. The van der Waals surface area contributed by atoms with E-state index < -0.39 is 0 Å². The molecule has 0 aliphatic carbocycles. The molecule has 1 N–H and O–H groups in total. The van der Waals surface area contributed by atoms with Crippen LogP contribution in [0, 0.1) is 0 Å². The zero-order valence-electron chi connectivity index (χ0n) is 11.8. The lowest BCUT2D eigenvalue weighted by Gasteiger charge is -2.16. The van der Waals surface area contributed by atoms with Gasteiger partial charge in [0.15, 0.2) is 6.61 Å². The summed E-state index contributed by atoms with van der Waals surface area (Å²) in [6, 6.07) is 12.4. The predicted molar refractivity (Wildman–Crippen MR) is 92.7 cm³/mol. The highest BCUT2D eigenvalue weighted by Crippen LogP contribution is 2.27. The van der Waals surface area contributed by atoms with Crippen molar-refractivity contribution in [3.05, 3.63) is 62.5 Å². The van der Waals surface area contributed by atoms with Gasteiger partial charge in [0.2, 0.25) is 0 Å². The third kappa shape index (κ3) is 4.63. The van der Waals surface area contributed by atoms with E-state index in [-0.39, 0.29) is 18.6 Å². The Morgan fingerprint density at radius 2 is 1.95 bits per heavy atom. The van der Waals surface area contributed by atoms with Gasteiger partial charge in [0.25, 0.3) is 5.91 Å². The van der Waals surface area contributed by atoms with Crippen molar-refractivity contribution in [2.45, 2.75) is 13.0 Å². The fourth-order valence-electron chi connectivity index (χ4n) is 1.92. The van der Waals surface area contributed by atoms with Crippen LogP contribution in [0.3, 0.4) is 0 Å². The Kier molecular flexibility index (Phi) is 6.12. The number of carbonyl (C=O) groups is 1. The summed E-state index contributed by atoms with van der Waals surface area (Å²) in [4.78, 5) is 12.0. The van der Waals surface area contributed by atoms with E-state index in [1.807, 2.05) is 25.1 Å². The molecule has 0 saturated heterocycles. The van der Waals surface area contributed by atoms with Crippen LogP contribution in [0.25, 0.3) is 0 Å². The van der Waals surface area contributed by atoms with Crippen LogP contribution in [0.4, 0.5) is 0 Å². The third-order valence-corrected chi connectivity index (χ3v) is 4.13. The quantitative estimate of drug-likeness (QED) is 0.762. The molecule has 0 bridgehead atoms. The highest BCUT2D eigenvalue weighted by Gasteiger charge is 2.13. The Labute approximate surface area is 147 Å². The molecule has 0 aliphatic rings. The van der Waals surface area contributed by atoms with Crippen LogP contribution in [-0.2, 0) is 4.79 Å². The zero-order chi connectivity index (χ0) is 16.1. The van der Waals surface area contributed by atoms with Crippen molar-refractivity contribution in [1.82, 2.24) is 5.32 Å². The van der Waals surface area contributed by atoms with E-state index in [2.05, 4.69) is 21.2 Å². The van der Waals surface area contributed by atoms with E-state index in [0.717, 1.165) is 10.0 Å². The topological polar surface area (TPSA) is 38.3 Å². The van der Waals surface area contributed by atoms with Crippen molar-refractivity contribution in [1.29, 1.82) is 0 Å². The lowest BCUT2D eigenvalue weighted by molar-refractivity contribution is -0.123. The molecule has 2 aromatic rings. The van der Waals surface area contributed by atoms with E-state index in [1.165, 1.54) is 0 Å². The highest BCUT2D eigenvalue weighted by atomic mass is 79.9. The molecular weight excluding hydrogens is 389 g/mol. The molecule has 0 spiro atoms. The van der Waals surface area contributed by atoms with E-state index in [0.29, 0.717) is 15.8 Å². The van der Waals surface area contributed by atoms with Gasteiger partial charge < -0.3 is 10.1 Å². The Hall–Kier alpha value is -1.23. The number of rotatable bonds is 5. The van der Waals surface area contributed by atoms with Gasteiger partial charge in [-0.3, -0.25) is 4.79 Å². The number of hydrogen-bond acceptors (Lipinski definition) is 2. The van der Waals surface area contributed by atoms with Gasteiger partial charge in [0.1, 0.15) is 5.75 Å². The number of ether oxygens (including phenoxy) is 1. The van der Waals surface area contributed by atoms with E-state index in [4.69, 9.17) is 27.9 Å². The predicted octanol–water partition coefficient (Wildman–Crippen LogP) is 5.01. The average molecular weight is 403 g/mol. The molecule has 1 amide bonds. The van der Waals surface area contributed by atoms with Crippen molar-refractivity contribution in [2.75, 3.05) is 6.61 Å². The summed E-state index contributed by atoms with van der Waals surface area (Å²) < 4.78 is 6.27. The molecule has 1 atom stereocenters. The summed E-state index contributed by atoms with van der Waals surface area (Å²) in [6.07, 6.45) is 0. The minimum atomic E-state index is -0.244. The fourth-order valence-corrected chi connectivity index (χ4v) is 2.95. The van der Waals surface area contributed by atoms with Crippen molar-refractivity contribution in [3.63, 3.8) is 0 Å². The van der Waals surface area contributed by atoms with Crippen molar-refractivity contribution < 1.29 is 9.53 Å². The highest BCUT2D eigenvalue weighted by molar-refractivity contribution is 9.10. The SMILES string of the molecule is C[C@H](NC(=O)COc1ccc(Br)cc1Cl)c1ccccc1Cl. The second kappa shape index (κ2) is 7.86. The summed E-state index contributed by atoms with van der Waals surface area (Å²) in [5.74, 6) is 0.219. The summed E-state index contributed by atoms with van der Waals surface area (Å²) in [6.45, 7) is 1.75. The number of nitrogens with one attached hydrogen (secondary N) is 1. The van der Waals surface area contributed by atoms with Gasteiger partial charge in [-0.2, -0.15) is 0 Å². The molecule has 2 aromatic carbocycles. The summed E-state index contributed by atoms with van der Waals surface area (Å²) >= 11 is 15.4. The molecule has 0 aliphatic heterocycles. The number of hydrogen-bond donors (Lipinski definition) is 1. The number of amides is 1. The molecule has 0 heterocycles. The Morgan fingerprint density at radius 1 is 1.23 bits per heavy atom. The van der Waals surface area contributed by atoms with Gasteiger partial charge in [-0.05, 0) is 36.8 Å². The van der Waals surface area contributed by atoms with Gasteiger partial charge in [-0.25, -0.2) is 0 Å². The van der Waals surface area contributed by atoms with Gasteiger partial charge in [-0.1, -0.05) is 57.3 Å². The third-order valence-electron chi connectivity index (χ3n) is 3.00. The molecule has 0 unspecified atom stereocenters. The van der Waals surface area contributed by atoms with Crippen LogP contribution in [-0.4, -0.2) is 12.5 Å². The van der Waals surface area contributed by atoms with Crippen LogP contribution in [0.1, 0.15) is 18.5 Å². The minimum absolute atomic E-state index is 0.115. The Balaban J connectivity index is 1.92. The zero-order valence-corrected chi connectivity index (χ0v) is 14.9. The van der Waals surface area contributed by atoms with E-state index in [9.17, 15) is 4.79 Å². The number of halogens is 3. The second-order valence-electron chi connectivity index (χ2n) is 4.67. The fraction of sp³-hybridized carbons (Fsp3) is 0.188. The molecule has 0 aromatic heterocycles. The molecule has 2 rings (SSSR count). The van der Waals surface area contributed by atoms with E-state index >= 15 is 0 Å². The van der Waals surface area contributed by atoms with Gasteiger partial charge >= 0.3 is 0 Å². The van der Waals surface area contributed by atoms with Crippen molar-refractivity contribution >= 4 is 45.0 Å². The normalized spacial score (nSPS) is 11.8. The van der Waals surface area contributed by atoms with Crippen LogP contribution in [0.2, 0.25) is 10.0 Å². The molecule has 0 fully saturated rings. The largest absolute Gasteiger partial charge is 0.482 e. The first-order valence-corrected chi connectivity index (χ1v) is 8.14. The monoisotopic (exact) mass is 401 g/mol. The lowest BCUT2D eigenvalue weighted by atomic mass is 10.1. The maximum atomic E-state index is 12.0. The first kappa shape index (κ1) is 17.1. The second-order valence-corrected chi connectivity index (χ2v) is 6.40. The maximum Gasteiger partial charge on any atom is 0.258 e. The average Bonchev–Trinajstić information content (AvgIpc) is 2.46. The molecule has 116 valence electrons. The minimum Gasteiger partial charge on any atom is -0.482 e. The van der Waals surface area contributed by atoms with Gasteiger partial charge in [0.05, 0.1) is 11.1 Å². The standard InChI is InChI=1S/C16H14BrCl2NO2/c1-10(12-4-2-3-5-13(12)18)20-16(21)9-22-15-7-6-11(17)8-14(15)19/h2-8,10H,9H2,1H3,(H,20,21)/t10-/m0/s1. The smallest absolute Gasteiger partial charge is 0.258 e. The van der Waals surface area contributed by atoms with Crippen molar-refractivity contribution in [3.8, 4) is 5.75 Å². The van der Waals surface area contributed by atoms with Crippen LogP contribution < -0.4 is 10.1 Å². The van der Waals surface area contributed by atoms with Crippen molar-refractivity contribution in [2.24, 2.45) is 0 Å². The molecule has 0 radical (unpaired) electrons. The summed E-state index contributed by atoms with van der Waals surface area (Å²) in [5, 5.41) is 3.90. The van der Waals surface area contributed by atoms with E-state index in [1.54, 1.807) is 24.3 Å². The van der Waals surface area contributed by atoms with Crippen LogP contribution >= 0.6 is 39.1 Å². The number of benzene rings is 2. The molecule has 22 heavy (non-hydrogen) atoms. The van der Waals surface area contributed by atoms with Gasteiger partial charge in [-0.15, -0.1) is 0 Å². The Morgan fingerprint density at radius 3 is 2.64 bits per heavy atom. The molecule has 3 nitrogen and oxygen atoms in total. The maximum absolute atomic E-state index is 12.0.